The lowest BCUT2D eigenvalue weighted by molar-refractivity contribution is -0.140. The highest BCUT2D eigenvalue weighted by Gasteiger charge is 2.17. The summed E-state index contributed by atoms with van der Waals surface area (Å²) in [5, 5.41) is 19.9. The number of nitrogens with zero attached hydrogens (tertiary/aromatic N) is 4. The van der Waals surface area contributed by atoms with E-state index in [0.717, 1.165) is 0 Å². The zero-order valence-electron chi connectivity index (χ0n) is 14.1. The standard InChI is InChI=1S/C17H15ClFN5O3/c1-10(17(26)27)24-8-12(5-21-24)16(25)22-14-6-20-23(9-14)7-11-2-3-13(19)4-15(11)18/h2-6,8-10H,7H2,1H3,(H,22,25)(H,26,27). The molecule has 27 heavy (non-hydrogen) atoms. The van der Waals surface area contributed by atoms with Crippen LogP contribution in [-0.2, 0) is 11.3 Å². The Balaban J connectivity index is 1.67. The third-order valence-electron chi connectivity index (χ3n) is 3.86. The van der Waals surface area contributed by atoms with Gasteiger partial charge in [-0.05, 0) is 24.6 Å². The van der Waals surface area contributed by atoms with Crippen molar-refractivity contribution in [3.05, 3.63) is 65.0 Å². The summed E-state index contributed by atoms with van der Waals surface area (Å²) in [6.07, 6.45) is 5.70. The Morgan fingerprint density at radius 2 is 2.07 bits per heavy atom. The first-order valence-electron chi connectivity index (χ1n) is 7.88. The lowest BCUT2D eigenvalue weighted by atomic mass is 10.2. The zero-order chi connectivity index (χ0) is 19.6. The molecule has 0 saturated carbocycles. The third kappa shape index (κ3) is 4.32. The second-order valence-electron chi connectivity index (χ2n) is 5.84. The van der Waals surface area contributed by atoms with Crippen molar-refractivity contribution < 1.29 is 19.1 Å². The molecule has 0 saturated heterocycles. The Kier molecular flexibility index (Phi) is 5.22. The lowest BCUT2D eigenvalue weighted by Crippen LogP contribution is -2.16. The van der Waals surface area contributed by atoms with Crippen LogP contribution >= 0.6 is 11.6 Å². The van der Waals surface area contributed by atoms with Crippen molar-refractivity contribution in [2.45, 2.75) is 19.5 Å². The first-order chi connectivity index (χ1) is 12.8. The molecule has 140 valence electrons. The fraction of sp³-hybridized carbons (Fsp3) is 0.176. The third-order valence-corrected chi connectivity index (χ3v) is 4.21. The molecule has 3 aromatic rings. The summed E-state index contributed by atoms with van der Waals surface area (Å²) in [6, 6.07) is 3.22. The highest BCUT2D eigenvalue weighted by atomic mass is 35.5. The molecule has 1 aromatic carbocycles. The van der Waals surface area contributed by atoms with Gasteiger partial charge in [0, 0.05) is 17.4 Å². The minimum absolute atomic E-state index is 0.220. The Morgan fingerprint density at radius 3 is 2.78 bits per heavy atom. The SMILES string of the molecule is CC(C(=O)O)n1cc(C(=O)Nc2cnn(Cc3ccc(F)cc3Cl)c2)cn1. The molecule has 2 aromatic heterocycles. The van der Waals surface area contributed by atoms with Crippen LogP contribution in [0.25, 0.3) is 0 Å². The average molecular weight is 392 g/mol. The largest absolute Gasteiger partial charge is 0.480 e. The zero-order valence-corrected chi connectivity index (χ0v) is 14.9. The van der Waals surface area contributed by atoms with E-state index in [1.54, 1.807) is 16.9 Å². The molecular formula is C17H15ClFN5O3. The van der Waals surface area contributed by atoms with Crippen LogP contribution in [0.2, 0.25) is 5.02 Å². The van der Waals surface area contributed by atoms with Crippen molar-refractivity contribution >= 4 is 29.2 Å². The van der Waals surface area contributed by atoms with Crippen molar-refractivity contribution in [3.8, 4) is 0 Å². The maximum atomic E-state index is 13.1. The molecule has 10 heteroatoms. The smallest absolute Gasteiger partial charge is 0.328 e. The van der Waals surface area contributed by atoms with E-state index in [0.29, 0.717) is 17.8 Å². The number of amides is 1. The number of carbonyl (C=O) groups excluding carboxylic acids is 1. The highest BCUT2D eigenvalue weighted by molar-refractivity contribution is 6.31. The summed E-state index contributed by atoms with van der Waals surface area (Å²) in [5.41, 5.74) is 1.35. The van der Waals surface area contributed by atoms with Crippen LogP contribution < -0.4 is 5.32 Å². The van der Waals surface area contributed by atoms with Gasteiger partial charge < -0.3 is 10.4 Å². The first-order valence-corrected chi connectivity index (χ1v) is 8.26. The summed E-state index contributed by atoms with van der Waals surface area (Å²) in [6.45, 7) is 1.77. The van der Waals surface area contributed by atoms with Crippen LogP contribution in [0.15, 0.2) is 43.0 Å². The van der Waals surface area contributed by atoms with Crippen molar-refractivity contribution in [2.75, 3.05) is 5.32 Å². The van der Waals surface area contributed by atoms with Gasteiger partial charge in [-0.3, -0.25) is 14.2 Å². The average Bonchev–Trinajstić information content (AvgIpc) is 3.26. The fourth-order valence-corrected chi connectivity index (χ4v) is 2.55. The van der Waals surface area contributed by atoms with Crippen LogP contribution in [-0.4, -0.2) is 36.5 Å². The number of halogens is 2. The Hall–Kier alpha value is -3.20. The van der Waals surface area contributed by atoms with Crippen molar-refractivity contribution in [1.29, 1.82) is 0 Å². The van der Waals surface area contributed by atoms with Crippen LogP contribution in [0.1, 0.15) is 28.9 Å². The van der Waals surface area contributed by atoms with Crippen molar-refractivity contribution in [3.63, 3.8) is 0 Å². The van der Waals surface area contributed by atoms with E-state index in [9.17, 15) is 14.0 Å². The van der Waals surface area contributed by atoms with E-state index in [2.05, 4.69) is 15.5 Å². The Bertz CT molecular complexity index is 1000. The van der Waals surface area contributed by atoms with Crippen molar-refractivity contribution in [2.24, 2.45) is 0 Å². The maximum absolute atomic E-state index is 13.1. The molecule has 2 heterocycles. The van der Waals surface area contributed by atoms with Crippen LogP contribution in [0, 0.1) is 5.82 Å². The van der Waals surface area contributed by atoms with Gasteiger partial charge in [0.15, 0.2) is 0 Å². The van der Waals surface area contributed by atoms with E-state index < -0.39 is 23.7 Å². The highest BCUT2D eigenvalue weighted by Crippen LogP contribution is 2.19. The Labute approximate surface area is 158 Å². The minimum Gasteiger partial charge on any atom is -0.480 e. The quantitative estimate of drug-likeness (QED) is 0.672. The number of benzene rings is 1. The molecule has 0 aliphatic rings. The number of carboxylic acids is 1. The molecule has 0 fully saturated rings. The number of rotatable bonds is 6. The maximum Gasteiger partial charge on any atom is 0.328 e. The van der Waals surface area contributed by atoms with Crippen LogP contribution in [0.3, 0.4) is 0 Å². The normalized spacial score (nSPS) is 12.0. The number of aromatic nitrogens is 4. The summed E-state index contributed by atoms with van der Waals surface area (Å²) in [5.74, 6) is -1.92. The number of carbonyl (C=O) groups is 2. The second-order valence-corrected chi connectivity index (χ2v) is 6.25. The molecule has 0 radical (unpaired) electrons. The van der Waals surface area contributed by atoms with Gasteiger partial charge in [-0.1, -0.05) is 17.7 Å². The second kappa shape index (κ2) is 7.58. The molecule has 1 amide bonds. The van der Waals surface area contributed by atoms with Gasteiger partial charge in [-0.2, -0.15) is 10.2 Å². The number of hydrogen-bond donors (Lipinski definition) is 2. The number of carboxylic acid groups (broad SMARTS) is 1. The number of hydrogen-bond acceptors (Lipinski definition) is 4. The first kappa shape index (κ1) is 18.6. The number of nitrogens with one attached hydrogen (secondary N) is 1. The summed E-state index contributed by atoms with van der Waals surface area (Å²) in [4.78, 5) is 23.2. The van der Waals surface area contributed by atoms with E-state index in [4.69, 9.17) is 16.7 Å². The Morgan fingerprint density at radius 1 is 1.30 bits per heavy atom. The molecule has 1 unspecified atom stereocenters. The molecule has 0 aliphatic carbocycles. The molecule has 3 rings (SSSR count). The molecular weight excluding hydrogens is 377 g/mol. The van der Waals surface area contributed by atoms with E-state index >= 15 is 0 Å². The lowest BCUT2D eigenvalue weighted by Gasteiger charge is -2.05. The van der Waals surface area contributed by atoms with E-state index in [-0.39, 0.29) is 10.6 Å². The van der Waals surface area contributed by atoms with Gasteiger partial charge in [-0.25, -0.2) is 9.18 Å². The molecule has 0 aliphatic heterocycles. The topological polar surface area (TPSA) is 102 Å². The predicted molar refractivity (Wildman–Crippen MR) is 95.3 cm³/mol. The summed E-state index contributed by atoms with van der Waals surface area (Å²) < 4.78 is 15.8. The van der Waals surface area contributed by atoms with Crippen molar-refractivity contribution in [1.82, 2.24) is 19.6 Å². The van der Waals surface area contributed by atoms with Gasteiger partial charge in [0.05, 0.1) is 30.2 Å². The summed E-state index contributed by atoms with van der Waals surface area (Å²) in [7, 11) is 0. The predicted octanol–water partition coefficient (Wildman–Crippen LogP) is 2.82. The molecule has 1 atom stereocenters. The van der Waals surface area contributed by atoms with Crippen LogP contribution in [0.5, 0.6) is 0 Å². The van der Waals surface area contributed by atoms with Crippen LogP contribution in [0.4, 0.5) is 10.1 Å². The molecule has 8 nitrogen and oxygen atoms in total. The van der Waals surface area contributed by atoms with E-state index in [1.807, 2.05) is 0 Å². The van der Waals surface area contributed by atoms with Gasteiger partial charge in [0.2, 0.25) is 0 Å². The van der Waals surface area contributed by atoms with Gasteiger partial charge in [-0.15, -0.1) is 0 Å². The van der Waals surface area contributed by atoms with Gasteiger partial charge in [0.25, 0.3) is 5.91 Å². The number of aliphatic carboxylic acids is 1. The molecule has 0 spiro atoms. The monoisotopic (exact) mass is 391 g/mol. The van der Waals surface area contributed by atoms with Gasteiger partial charge in [0.1, 0.15) is 11.9 Å². The van der Waals surface area contributed by atoms with E-state index in [1.165, 1.54) is 42.3 Å². The molecule has 2 N–H and O–H groups in total. The minimum atomic E-state index is -1.05. The van der Waals surface area contributed by atoms with Gasteiger partial charge >= 0.3 is 5.97 Å². The molecule has 0 bridgehead atoms. The fourth-order valence-electron chi connectivity index (χ4n) is 2.32. The summed E-state index contributed by atoms with van der Waals surface area (Å²) >= 11 is 6.00. The number of anilines is 1.